The molecule has 0 fully saturated rings. The molecule has 0 saturated heterocycles. The fourth-order valence-electron chi connectivity index (χ4n) is 1.57. The number of benzene rings is 1. The highest BCUT2D eigenvalue weighted by molar-refractivity contribution is 7.89. The Bertz CT molecular complexity index is 634. The van der Waals surface area contributed by atoms with Gasteiger partial charge in [0.05, 0.1) is 6.10 Å². The van der Waals surface area contributed by atoms with Crippen molar-refractivity contribution in [1.29, 1.82) is 0 Å². The fraction of sp³-hybridized carbons (Fsp3) is 0.500. The van der Waals surface area contributed by atoms with Crippen LogP contribution in [0.4, 0.5) is 22.0 Å². The molecule has 0 aliphatic heterocycles. The summed E-state index contributed by atoms with van der Waals surface area (Å²) in [7, 11) is -4.96. The lowest BCUT2D eigenvalue weighted by molar-refractivity contribution is 0.118. The van der Waals surface area contributed by atoms with E-state index in [9.17, 15) is 35.5 Å². The number of halogens is 5. The third kappa shape index (κ3) is 3.73. The normalized spacial score (nSPS) is 13.7. The molecule has 1 aromatic rings. The molecule has 0 aromatic heterocycles. The van der Waals surface area contributed by atoms with Gasteiger partial charge in [-0.25, -0.2) is 35.1 Å². The number of hydrogen-bond acceptors (Lipinski definition) is 3. The largest absolute Gasteiger partial charge is 0.393 e. The Labute approximate surface area is 124 Å². The summed E-state index contributed by atoms with van der Waals surface area (Å²) in [5.74, 6) is -12.2. The maximum Gasteiger partial charge on any atom is 0.246 e. The van der Waals surface area contributed by atoms with Gasteiger partial charge in [-0.1, -0.05) is 13.8 Å². The van der Waals surface area contributed by atoms with Crippen molar-refractivity contribution in [3.63, 3.8) is 0 Å². The molecule has 1 rings (SSSR count). The number of rotatable bonds is 6. The van der Waals surface area contributed by atoms with Crippen LogP contribution in [-0.2, 0) is 10.0 Å². The Morgan fingerprint density at radius 2 is 1.36 bits per heavy atom. The van der Waals surface area contributed by atoms with E-state index in [-0.39, 0.29) is 12.3 Å². The summed E-state index contributed by atoms with van der Waals surface area (Å²) < 4.78 is 90.8. The molecule has 0 aliphatic carbocycles. The molecular weight excluding hydrogens is 333 g/mol. The van der Waals surface area contributed by atoms with Crippen LogP contribution in [-0.4, -0.2) is 26.2 Å². The van der Waals surface area contributed by atoms with Gasteiger partial charge >= 0.3 is 0 Å². The minimum Gasteiger partial charge on any atom is -0.393 e. The standard InChI is InChI=1S/C12H14F5NO3S/c1-5(2)6(19)3-4-18-22(20,21)12-10(16)8(14)7(13)9(15)11(12)17/h5-6,18-19H,3-4H2,1-2H3. The van der Waals surface area contributed by atoms with Crippen molar-refractivity contribution in [2.45, 2.75) is 31.3 Å². The highest BCUT2D eigenvalue weighted by Crippen LogP contribution is 2.26. The van der Waals surface area contributed by atoms with Gasteiger partial charge in [-0.2, -0.15) is 0 Å². The van der Waals surface area contributed by atoms with Crippen molar-refractivity contribution in [3.8, 4) is 0 Å². The first kappa shape index (κ1) is 18.8. The average molecular weight is 347 g/mol. The second-order valence-electron chi connectivity index (χ2n) is 4.90. The van der Waals surface area contributed by atoms with Crippen molar-refractivity contribution in [2.75, 3.05) is 6.54 Å². The highest BCUT2D eigenvalue weighted by Gasteiger charge is 2.33. The van der Waals surface area contributed by atoms with Crippen LogP contribution < -0.4 is 4.72 Å². The van der Waals surface area contributed by atoms with Gasteiger partial charge < -0.3 is 5.11 Å². The number of aliphatic hydroxyl groups excluding tert-OH is 1. The van der Waals surface area contributed by atoms with Gasteiger partial charge in [0, 0.05) is 6.54 Å². The van der Waals surface area contributed by atoms with E-state index < -0.39 is 56.7 Å². The summed E-state index contributed by atoms with van der Waals surface area (Å²) in [5, 5.41) is 9.48. The van der Waals surface area contributed by atoms with Crippen molar-refractivity contribution in [3.05, 3.63) is 29.1 Å². The van der Waals surface area contributed by atoms with Crippen molar-refractivity contribution >= 4 is 10.0 Å². The van der Waals surface area contributed by atoms with Crippen molar-refractivity contribution in [2.24, 2.45) is 5.92 Å². The highest BCUT2D eigenvalue weighted by atomic mass is 32.2. The molecule has 0 amide bonds. The minimum absolute atomic E-state index is 0.0910. The summed E-state index contributed by atoms with van der Waals surface area (Å²) in [6.45, 7) is 2.88. The quantitative estimate of drug-likeness (QED) is 0.470. The molecule has 0 radical (unpaired) electrons. The van der Waals surface area contributed by atoms with Crippen molar-refractivity contribution < 1.29 is 35.5 Å². The summed E-state index contributed by atoms with van der Waals surface area (Å²) in [5.41, 5.74) is 0. The van der Waals surface area contributed by atoms with Gasteiger partial charge in [-0.15, -0.1) is 0 Å². The van der Waals surface area contributed by atoms with E-state index in [0.29, 0.717) is 0 Å². The third-order valence-electron chi connectivity index (χ3n) is 2.94. The fourth-order valence-corrected chi connectivity index (χ4v) is 2.75. The molecule has 0 aliphatic rings. The van der Waals surface area contributed by atoms with Crippen LogP contribution in [0.2, 0.25) is 0 Å². The van der Waals surface area contributed by atoms with Gasteiger partial charge in [0.25, 0.3) is 0 Å². The van der Waals surface area contributed by atoms with Gasteiger partial charge in [0.2, 0.25) is 15.8 Å². The molecule has 0 spiro atoms. The van der Waals surface area contributed by atoms with Gasteiger partial charge in [0.15, 0.2) is 28.2 Å². The van der Waals surface area contributed by atoms with Gasteiger partial charge in [-0.05, 0) is 12.3 Å². The molecule has 2 N–H and O–H groups in total. The molecule has 1 atom stereocenters. The zero-order valence-corrected chi connectivity index (χ0v) is 12.4. The SMILES string of the molecule is CC(C)C(O)CCNS(=O)(=O)c1c(F)c(F)c(F)c(F)c1F. The molecule has 0 saturated carbocycles. The Hall–Kier alpha value is -1.26. The van der Waals surface area contributed by atoms with Crippen molar-refractivity contribution in [1.82, 2.24) is 4.72 Å². The molecule has 0 bridgehead atoms. The lowest BCUT2D eigenvalue weighted by Crippen LogP contribution is -2.30. The zero-order chi connectivity index (χ0) is 17.2. The van der Waals surface area contributed by atoms with Crippen LogP contribution in [0.5, 0.6) is 0 Å². The van der Waals surface area contributed by atoms with E-state index in [2.05, 4.69) is 0 Å². The smallest absolute Gasteiger partial charge is 0.246 e. The van der Waals surface area contributed by atoms with E-state index in [4.69, 9.17) is 0 Å². The Morgan fingerprint density at radius 1 is 0.955 bits per heavy atom. The number of nitrogens with one attached hydrogen (secondary N) is 1. The first-order valence-electron chi connectivity index (χ1n) is 6.19. The summed E-state index contributed by atoms with van der Waals surface area (Å²) in [4.78, 5) is -1.94. The Morgan fingerprint density at radius 3 is 1.77 bits per heavy atom. The zero-order valence-electron chi connectivity index (χ0n) is 11.6. The maximum absolute atomic E-state index is 13.4. The van der Waals surface area contributed by atoms with E-state index in [0.717, 1.165) is 0 Å². The van der Waals surface area contributed by atoms with Crippen LogP contribution in [0.1, 0.15) is 20.3 Å². The van der Waals surface area contributed by atoms with Crippen LogP contribution in [0.15, 0.2) is 4.90 Å². The molecule has 22 heavy (non-hydrogen) atoms. The average Bonchev–Trinajstić information content (AvgIpc) is 2.42. The predicted octanol–water partition coefficient (Wildman–Crippen LogP) is 2.07. The number of sulfonamides is 1. The number of hydrogen-bond donors (Lipinski definition) is 2. The van der Waals surface area contributed by atoms with E-state index >= 15 is 0 Å². The Kier molecular flexibility index (Phi) is 5.88. The molecule has 4 nitrogen and oxygen atoms in total. The Balaban J connectivity index is 3.09. The second-order valence-corrected chi connectivity index (χ2v) is 6.60. The second kappa shape index (κ2) is 6.88. The first-order chi connectivity index (χ1) is 10.0. The lowest BCUT2D eigenvalue weighted by Gasteiger charge is -2.15. The van der Waals surface area contributed by atoms with Crippen LogP contribution in [0.25, 0.3) is 0 Å². The topological polar surface area (TPSA) is 66.4 Å². The predicted molar refractivity (Wildman–Crippen MR) is 66.9 cm³/mol. The third-order valence-corrected chi connectivity index (χ3v) is 4.42. The van der Waals surface area contributed by atoms with E-state index in [1.54, 1.807) is 18.6 Å². The molecular formula is C12H14F5NO3S. The molecule has 1 unspecified atom stereocenters. The number of aliphatic hydroxyl groups is 1. The van der Waals surface area contributed by atoms with Crippen LogP contribution >= 0.6 is 0 Å². The summed E-state index contributed by atoms with van der Waals surface area (Å²) in [6.07, 6.45) is -0.981. The monoisotopic (exact) mass is 347 g/mol. The maximum atomic E-state index is 13.4. The molecule has 1 aromatic carbocycles. The summed E-state index contributed by atoms with van der Waals surface area (Å²) in [6, 6.07) is 0. The van der Waals surface area contributed by atoms with Crippen LogP contribution in [0, 0.1) is 35.0 Å². The van der Waals surface area contributed by atoms with E-state index in [1.165, 1.54) is 0 Å². The van der Waals surface area contributed by atoms with Gasteiger partial charge in [0.1, 0.15) is 0 Å². The first-order valence-corrected chi connectivity index (χ1v) is 7.68. The minimum atomic E-state index is -4.96. The van der Waals surface area contributed by atoms with Crippen LogP contribution in [0.3, 0.4) is 0 Å². The molecule has 0 heterocycles. The molecule has 126 valence electrons. The lowest BCUT2D eigenvalue weighted by atomic mass is 10.1. The van der Waals surface area contributed by atoms with E-state index in [1.807, 2.05) is 0 Å². The molecule has 10 heteroatoms. The summed E-state index contributed by atoms with van der Waals surface area (Å²) >= 11 is 0. The van der Waals surface area contributed by atoms with Gasteiger partial charge in [-0.3, -0.25) is 0 Å².